The Morgan fingerprint density at radius 3 is 3.00 bits per heavy atom. The van der Waals surface area contributed by atoms with E-state index in [-0.39, 0.29) is 0 Å². The molecule has 84 valence electrons. The van der Waals surface area contributed by atoms with Crippen LogP contribution in [0.3, 0.4) is 0 Å². The van der Waals surface area contributed by atoms with E-state index in [1.807, 2.05) is 13.2 Å². The van der Waals surface area contributed by atoms with Crippen LogP contribution < -0.4 is 11.1 Å². The van der Waals surface area contributed by atoms with Crippen LogP contribution >= 0.6 is 15.9 Å². The number of aryl methyl sites for hydroxylation is 1. The number of hydrogen-bond acceptors (Lipinski definition) is 5. The van der Waals surface area contributed by atoms with Crippen LogP contribution in [-0.4, -0.2) is 19.7 Å². The molecule has 0 amide bonds. The van der Waals surface area contributed by atoms with Gasteiger partial charge in [0.05, 0.1) is 6.20 Å². The van der Waals surface area contributed by atoms with Crippen LogP contribution in [0.2, 0.25) is 0 Å². The van der Waals surface area contributed by atoms with Gasteiger partial charge in [0.2, 0.25) is 0 Å². The minimum absolute atomic E-state index is 0.420. The van der Waals surface area contributed by atoms with Gasteiger partial charge in [-0.25, -0.2) is 9.97 Å². The molecule has 0 aliphatic rings. The number of halogens is 1. The van der Waals surface area contributed by atoms with E-state index in [0.717, 1.165) is 5.56 Å². The fourth-order valence-corrected chi connectivity index (χ4v) is 1.60. The Morgan fingerprint density at radius 2 is 2.31 bits per heavy atom. The summed E-state index contributed by atoms with van der Waals surface area (Å²) in [5.41, 5.74) is 6.71. The van der Waals surface area contributed by atoms with E-state index in [1.54, 1.807) is 10.9 Å². The van der Waals surface area contributed by atoms with Crippen LogP contribution in [0.5, 0.6) is 0 Å². The van der Waals surface area contributed by atoms with Gasteiger partial charge in [-0.05, 0) is 15.9 Å². The summed E-state index contributed by atoms with van der Waals surface area (Å²) in [6.45, 7) is 0.642. The lowest BCUT2D eigenvalue weighted by atomic mass is 10.3. The van der Waals surface area contributed by atoms with Gasteiger partial charge in [0, 0.05) is 25.4 Å². The molecular formula is C9H11BrN6. The van der Waals surface area contributed by atoms with Crippen molar-refractivity contribution in [1.29, 1.82) is 0 Å². The van der Waals surface area contributed by atoms with Gasteiger partial charge in [0.25, 0.3) is 0 Å². The molecular weight excluding hydrogens is 272 g/mol. The molecule has 2 aromatic heterocycles. The number of nitrogen functional groups attached to an aromatic ring is 1. The van der Waals surface area contributed by atoms with Crippen molar-refractivity contribution in [3.63, 3.8) is 0 Å². The average molecular weight is 283 g/mol. The summed E-state index contributed by atoms with van der Waals surface area (Å²) in [6, 6.07) is 0. The Labute approximate surface area is 101 Å². The van der Waals surface area contributed by atoms with Crippen molar-refractivity contribution in [2.75, 3.05) is 11.1 Å². The van der Waals surface area contributed by atoms with Crippen molar-refractivity contribution in [3.8, 4) is 0 Å². The number of nitrogens with one attached hydrogen (secondary N) is 1. The highest BCUT2D eigenvalue weighted by Gasteiger charge is 2.05. The summed E-state index contributed by atoms with van der Waals surface area (Å²) < 4.78 is 2.43. The first-order valence-corrected chi connectivity index (χ1v) is 5.43. The van der Waals surface area contributed by atoms with Gasteiger partial charge in [0.15, 0.2) is 0 Å². The molecule has 2 aromatic rings. The van der Waals surface area contributed by atoms with Crippen molar-refractivity contribution in [3.05, 3.63) is 28.8 Å². The number of anilines is 2. The summed E-state index contributed by atoms with van der Waals surface area (Å²) in [7, 11) is 1.88. The lowest BCUT2D eigenvalue weighted by Gasteiger charge is -2.06. The maximum absolute atomic E-state index is 5.64. The van der Waals surface area contributed by atoms with Crippen LogP contribution in [0.4, 0.5) is 11.6 Å². The second-order valence-corrected chi connectivity index (χ2v) is 4.09. The molecule has 0 aliphatic heterocycles. The lowest BCUT2D eigenvalue weighted by molar-refractivity contribution is 0.767. The van der Waals surface area contributed by atoms with Gasteiger partial charge in [-0.1, -0.05) is 0 Å². The van der Waals surface area contributed by atoms with Crippen molar-refractivity contribution < 1.29 is 0 Å². The molecule has 3 N–H and O–H groups in total. The zero-order chi connectivity index (χ0) is 11.5. The Kier molecular flexibility index (Phi) is 3.04. The van der Waals surface area contributed by atoms with Crippen LogP contribution in [0.25, 0.3) is 0 Å². The maximum atomic E-state index is 5.64. The minimum atomic E-state index is 0.420. The molecule has 0 saturated heterocycles. The first kappa shape index (κ1) is 10.9. The zero-order valence-electron chi connectivity index (χ0n) is 8.68. The summed E-state index contributed by atoms with van der Waals surface area (Å²) in [5.74, 6) is 1.10. The van der Waals surface area contributed by atoms with E-state index < -0.39 is 0 Å². The highest BCUT2D eigenvalue weighted by molar-refractivity contribution is 9.10. The van der Waals surface area contributed by atoms with Crippen LogP contribution in [0, 0.1) is 0 Å². The Hall–Kier alpha value is -1.63. The molecule has 6 nitrogen and oxygen atoms in total. The van der Waals surface area contributed by atoms with Crippen LogP contribution in [0.1, 0.15) is 5.56 Å². The van der Waals surface area contributed by atoms with Crippen LogP contribution in [0.15, 0.2) is 23.2 Å². The van der Waals surface area contributed by atoms with Crippen LogP contribution in [-0.2, 0) is 13.6 Å². The second kappa shape index (κ2) is 4.48. The van der Waals surface area contributed by atoms with Gasteiger partial charge in [-0.2, -0.15) is 5.10 Å². The monoisotopic (exact) mass is 282 g/mol. The van der Waals surface area contributed by atoms with Crippen molar-refractivity contribution in [1.82, 2.24) is 19.7 Å². The molecule has 2 rings (SSSR count). The second-order valence-electron chi connectivity index (χ2n) is 3.30. The molecule has 7 heteroatoms. The predicted octanol–water partition coefficient (Wildman–Crippen LogP) is 1.17. The molecule has 0 spiro atoms. The third kappa shape index (κ3) is 2.30. The fraction of sp³-hybridized carbons (Fsp3) is 0.222. The quantitative estimate of drug-likeness (QED) is 0.883. The molecule has 0 unspecified atom stereocenters. The third-order valence-corrected chi connectivity index (χ3v) is 2.82. The summed E-state index contributed by atoms with van der Waals surface area (Å²) in [4.78, 5) is 7.95. The molecule has 16 heavy (non-hydrogen) atoms. The molecule has 0 saturated carbocycles. The minimum Gasteiger partial charge on any atom is -0.383 e. The van der Waals surface area contributed by atoms with Crippen molar-refractivity contribution in [2.24, 2.45) is 7.05 Å². The number of hydrogen-bond donors (Lipinski definition) is 2. The molecule has 0 aromatic carbocycles. The Balaban J connectivity index is 2.07. The topological polar surface area (TPSA) is 81.7 Å². The number of rotatable bonds is 3. The smallest absolute Gasteiger partial charge is 0.146 e. The molecule has 0 fully saturated rings. The highest BCUT2D eigenvalue weighted by Crippen LogP contribution is 2.24. The van der Waals surface area contributed by atoms with Gasteiger partial charge in [-0.3, -0.25) is 4.68 Å². The third-order valence-electron chi connectivity index (χ3n) is 2.03. The van der Waals surface area contributed by atoms with E-state index in [2.05, 4.69) is 36.3 Å². The number of nitrogens with two attached hydrogens (primary N) is 1. The number of nitrogens with zero attached hydrogens (tertiary/aromatic N) is 4. The van der Waals surface area contributed by atoms with Gasteiger partial charge >= 0.3 is 0 Å². The Bertz CT molecular complexity index is 494. The summed E-state index contributed by atoms with van der Waals surface area (Å²) in [6.07, 6.45) is 5.16. The average Bonchev–Trinajstić information content (AvgIpc) is 2.67. The molecule has 0 bridgehead atoms. The Morgan fingerprint density at radius 1 is 1.50 bits per heavy atom. The SMILES string of the molecule is Cn1cc(CNc2ncnc(N)c2Br)cn1. The molecule has 2 heterocycles. The molecule has 0 aliphatic carbocycles. The summed E-state index contributed by atoms with van der Waals surface area (Å²) >= 11 is 3.33. The first-order valence-electron chi connectivity index (χ1n) is 4.64. The fourth-order valence-electron chi connectivity index (χ4n) is 1.26. The zero-order valence-corrected chi connectivity index (χ0v) is 10.3. The normalized spacial score (nSPS) is 10.4. The van der Waals surface area contributed by atoms with E-state index in [9.17, 15) is 0 Å². The van der Waals surface area contributed by atoms with Gasteiger partial charge in [-0.15, -0.1) is 0 Å². The van der Waals surface area contributed by atoms with E-state index in [4.69, 9.17) is 5.73 Å². The molecule has 0 radical (unpaired) electrons. The van der Waals surface area contributed by atoms with Gasteiger partial charge < -0.3 is 11.1 Å². The van der Waals surface area contributed by atoms with Crippen molar-refractivity contribution in [2.45, 2.75) is 6.54 Å². The first-order chi connectivity index (χ1) is 7.66. The van der Waals surface area contributed by atoms with E-state index in [1.165, 1.54) is 6.33 Å². The largest absolute Gasteiger partial charge is 0.383 e. The predicted molar refractivity (Wildman–Crippen MR) is 64.7 cm³/mol. The lowest BCUT2D eigenvalue weighted by Crippen LogP contribution is -2.04. The van der Waals surface area contributed by atoms with Crippen molar-refractivity contribution >= 4 is 27.6 Å². The molecule has 0 atom stereocenters. The van der Waals surface area contributed by atoms with E-state index >= 15 is 0 Å². The van der Waals surface area contributed by atoms with E-state index in [0.29, 0.717) is 22.7 Å². The summed E-state index contributed by atoms with van der Waals surface area (Å²) in [5, 5.41) is 7.23. The standard InChI is InChI=1S/C9H11BrN6/c1-16-4-6(3-15-16)2-12-9-7(10)8(11)13-5-14-9/h3-5H,2H2,1H3,(H3,11,12,13,14). The van der Waals surface area contributed by atoms with Gasteiger partial charge in [0.1, 0.15) is 22.4 Å². The highest BCUT2D eigenvalue weighted by atomic mass is 79.9. The maximum Gasteiger partial charge on any atom is 0.146 e. The number of aromatic nitrogens is 4.